The molecule has 1 aromatic carbocycles. The maximum Gasteiger partial charge on any atom is 0.229 e. The van der Waals surface area contributed by atoms with Crippen molar-refractivity contribution in [1.82, 2.24) is 19.4 Å². The second kappa shape index (κ2) is 8.21. The molecule has 3 aliphatic heterocycles. The number of ether oxygens (including phenoxy) is 1. The number of amides is 2. The highest BCUT2D eigenvalue weighted by Gasteiger charge is 2.30. The number of rotatable bonds is 4. The second-order valence-electron chi connectivity index (χ2n) is 8.56. The van der Waals surface area contributed by atoms with Gasteiger partial charge in [-0.3, -0.25) is 9.59 Å². The van der Waals surface area contributed by atoms with Crippen molar-refractivity contribution in [3.8, 4) is 5.75 Å². The lowest BCUT2D eigenvalue weighted by molar-refractivity contribution is -0.134. The lowest BCUT2D eigenvalue weighted by atomic mass is 10.0. The molecule has 7 nitrogen and oxygen atoms in total. The van der Waals surface area contributed by atoms with Crippen LogP contribution in [0.4, 0.5) is 0 Å². The van der Waals surface area contributed by atoms with Crippen molar-refractivity contribution >= 4 is 11.8 Å². The van der Waals surface area contributed by atoms with E-state index in [1.807, 2.05) is 47.2 Å². The SMILES string of the molecule is C[C@H]1c2nc(CC(=O)N3CC=CC3)cn2CCN1C(=O)Cc1ccc2c(c1)CCCO2. The van der Waals surface area contributed by atoms with Crippen LogP contribution in [0, 0.1) is 0 Å². The quantitative estimate of drug-likeness (QED) is 0.712. The van der Waals surface area contributed by atoms with E-state index >= 15 is 0 Å². The Kier molecular flexibility index (Phi) is 5.26. The Hall–Kier alpha value is -3.09. The summed E-state index contributed by atoms with van der Waals surface area (Å²) in [6.07, 6.45) is 8.71. The van der Waals surface area contributed by atoms with E-state index in [-0.39, 0.29) is 17.9 Å². The van der Waals surface area contributed by atoms with Crippen LogP contribution in [0.15, 0.2) is 36.5 Å². The van der Waals surface area contributed by atoms with Crippen LogP contribution in [0.2, 0.25) is 0 Å². The van der Waals surface area contributed by atoms with Crippen molar-refractivity contribution in [2.24, 2.45) is 0 Å². The van der Waals surface area contributed by atoms with Gasteiger partial charge >= 0.3 is 0 Å². The van der Waals surface area contributed by atoms with Gasteiger partial charge in [0.1, 0.15) is 11.6 Å². The van der Waals surface area contributed by atoms with Crippen LogP contribution in [-0.4, -0.2) is 57.4 Å². The molecule has 162 valence electrons. The Labute approximate surface area is 182 Å². The first-order valence-electron chi connectivity index (χ1n) is 11.1. The van der Waals surface area contributed by atoms with Crippen LogP contribution >= 0.6 is 0 Å². The number of nitrogens with zero attached hydrogens (tertiary/aromatic N) is 4. The Bertz CT molecular complexity index is 1030. The first-order valence-corrected chi connectivity index (χ1v) is 11.1. The van der Waals surface area contributed by atoms with Gasteiger partial charge in [-0.15, -0.1) is 0 Å². The van der Waals surface area contributed by atoms with Gasteiger partial charge < -0.3 is 19.1 Å². The molecule has 2 amide bonds. The Morgan fingerprint density at radius 1 is 1.13 bits per heavy atom. The molecule has 0 saturated carbocycles. The van der Waals surface area contributed by atoms with E-state index in [1.54, 1.807) is 0 Å². The Morgan fingerprint density at radius 3 is 2.81 bits per heavy atom. The van der Waals surface area contributed by atoms with Gasteiger partial charge in [0.05, 0.1) is 31.2 Å². The summed E-state index contributed by atoms with van der Waals surface area (Å²) in [5.41, 5.74) is 3.00. The number of carbonyl (C=O) groups excluding carboxylic acids is 2. The van der Waals surface area contributed by atoms with Crippen molar-refractivity contribution in [3.63, 3.8) is 0 Å². The van der Waals surface area contributed by atoms with Crippen LogP contribution in [0.1, 0.15) is 42.0 Å². The highest BCUT2D eigenvalue weighted by molar-refractivity contribution is 5.80. The minimum Gasteiger partial charge on any atom is -0.493 e. The summed E-state index contributed by atoms with van der Waals surface area (Å²) in [5, 5.41) is 0. The fourth-order valence-corrected chi connectivity index (χ4v) is 4.72. The van der Waals surface area contributed by atoms with Crippen molar-refractivity contribution in [1.29, 1.82) is 0 Å². The third-order valence-corrected chi connectivity index (χ3v) is 6.43. The number of carbonyl (C=O) groups is 2. The Balaban J connectivity index is 1.26. The van der Waals surface area contributed by atoms with E-state index in [0.29, 0.717) is 39.0 Å². The number of aryl methyl sites for hydroxylation is 1. The minimum atomic E-state index is -0.112. The zero-order chi connectivity index (χ0) is 21.4. The molecule has 0 saturated heterocycles. The number of hydrogen-bond donors (Lipinski definition) is 0. The highest BCUT2D eigenvalue weighted by atomic mass is 16.5. The van der Waals surface area contributed by atoms with Crippen molar-refractivity contribution in [2.45, 2.75) is 45.2 Å². The minimum absolute atomic E-state index is 0.0948. The zero-order valence-corrected chi connectivity index (χ0v) is 17.9. The molecule has 1 aromatic heterocycles. The number of imidazole rings is 1. The van der Waals surface area contributed by atoms with E-state index in [2.05, 4.69) is 10.6 Å². The maximum absolute atomic E-state index is 13.1. The molecule has 0 N–H and O–H groups in total. The average molecular weight is 421 g/mol. The highest BCUT2D eigenvalue weighted by Crippen LogP contribution is 2.28. The molecule has 1 atom stereocenters. The van der Waals surface area contributed by atoms with Gasteiger partial charge in [-0.25, -0.2) is 4.98 Å². The molecular weight excluding hydrogens is 392 g/mol. The topological polar surface area (TPSA) is 67.7 Å². The summed E-state index contributed by atoms with van der Waals surface area (Å²) in [6.45, 7) is 5.51. The average Bonchev–Trinajstić information content (AvgIpc) is 3.44. The van der Waals surface area contributed by atoms with Crippen molar-refractivity contribution in [2.75, 3.05) is 26.2 Å². The summed E-state index contributed by atoms with van der Waals surface area (Å²) in [5.74, 6) is 2.01. The van der Waals surface area contributed by atoms with Gasteiger partial charge in [0.2, 0.25) is 11.8 Å². The molecule has 0 fully saturated rings. The van der Waals surface area contributed by atoms with Crippen LogP contribution in [0.25, 0.3) is 0 Å². The normalized spacial score (nSPS) is 19.7. The summed E-state index contributed by atoms with van der Waals surface area (Å²) >= 11 is 0. The van der Waals surface area contributed by atoms with Crippen LogP contribution in [0.5, 0.6) is 5.75 Å². The number of hydrogen-bond acceptors (Lipinski definition) is 4. The first kappa shape index (κ1) is 19.8. The summed E-state index contributed by atoms with van der Waals surface area (Å²) < 4.78 is 7.77. The molecule has 0 spiro atoms. The number of aromatic nitrogens is 2. The predicted molar refractivity (Wildman–Crippen MR) is 116 cm³/mol. The lowest BCUT2D eigenvalue weighted by Gasteiger charge is -2.34. The smallest absolute Gasteiger partial charge is 0.229 e. The van der Waals surface area contributed by atoms with Crippen molar-refractivity contribution in [3.05, 3.63) is 59.2 Å². The zero-order valence-electron chi connectivity index (χ0n) is 17.9. The van der Waals surface area contributed by atoms with E-state index in [4.69, 9.17) is 9.72 Å². The third kappa shape index (κ3) is 3.96. The largest absolute Gasteiger partial charge is 0.493 e. The monoisotopic (exact) mass is 420 g/mol. The van der Waals surface area contributed by atoms with Gasteiger partial charge in [-0.2, -0.15) is 0 Å². The van der Waals surface area contributed by atoms with Crippen molar-refractivity contribution < 1.29 is 14.3 Å². The summed E-state index contributed by atoms with van der Waals surface area (Å²) in [7, 11) is 0. The molecule has 2 aromatic rings. The lowest BCUT2D eigenvalue weighted by Crippen LogP contribution is -2.41. The van der Waals surface area contributed by atoms with Gasteiger partial charge in [0.15, 0.2) is 0 Å². The summed E-state index contributed by atoms with van der Waals surface area (Å²) in [4.78, 5) is 34.0. The predicted octanol–water partition coefficient (Wildman–Crippen LogP) is 2.29. The molecule has 3 aliphatic rings. The van der Waals surface area contributed by atoms with E-state index in [1.165, 1.54) is 5.56 Å². The number of fused-ring (bicyclic) bond motifs is 2. The van der Waals surface area contributed by atoms with Crippen LogP contribution < -0.4 is 4.74 Å². The Morgan fingerprint density at radius 2 is 1.97 bits per heavy atom. The molecule has 4 heterocycles. The molecule has 0 bridgehead atoms. The van der Waals surface area contributed by atoms with Gasteiger partial charge in [0.25, 0.3) is 0 Å². The van der Waals surface area contributed by atoms with Gasteiger partial charge in [0, 0.05) is 32.4 Å². The molecule has 5 rings (SSSR count). The standard InChI is InChI=1S/C24H28N4O3/c1-17-24-25-20(15-22(29)26-8-2-3-9-26)16-27(24)10-11-28(17)23(30)14-18-6-7-21-19(13-18)5-4-12-31-21/h2-3,6-7,13,16-17H,4-5,8-12,14-15H2,1H3/t17-/m0/s1. The molecular formula is C24H28N4O3. The summed E-state index contributed by atoms with van der Waals surface area (Å²) in [6, 6.07) is 5.98. The van der Waals surface area contributed by atoms with E-state index < -0.39 is 0 Å². The van der Waals surface area contributed by atoms with Gasteiger partial charge in [-0.05, 0) is 37.0 Å². The van der Waals surface area contributed by atoms with Gasteiger partial charge in [-0.1, -0.05) is 24.3 Å². The molecule has 7 heteroatoms. The number of benzene rings is 1. The first-order chi connectivity index (χ1) is 15.1. The molecule has 31 heavy (non-hydrogen) atoms. The van der Waals surface area contributed by atoms with E-state index in [9.17, 15) is 9.59 Å². The molecule has 0 radical (unpaired) electrons. The third-order valence-electron chi connectivity index (χ3n) is 6.43. The van der Waals surface area contributed by atoms with Crippen LogP contribution in [-0.2, 0) is 35.4 Å². The fraction of sp³-hybridized carbons (Fsp3) is 0.458. The van der Waals surface area contributed by atoms with E-state index in [0.717, 1.165) is 42.3 Å². The molecule has 0 unspecified atom stereocenters. The molecule has 0 aliphatic carbocycles. The second-order valence-corrected chi connectivity index (χ2v) is 8.56. The van der Waals surface area contributed by atoms with Crippen LogP contribution in [0.3, 0.4) is 0 Å². The fourth-order valence-electron chi connectivity index (χ4n) is 4.72. The maximum atomic E-state index is 13.1.